The topological polar surface area (TPSA) is 49.3 Å². The lowest BCUT2D eigenvalue weighted by Crippen LogP contribution is -2.12. The van der Waals surface area contributed by atoms with E-state index < -0.39 is 0 Å². The van der Waals surface area contributed by atoms with E-state index in [-0.39, 0.29) is 17.8 Å². The summed E-state index contributed by atoms with van der Waals surface area (Å²) in [6.45, 7) is 0.0205. The van der Waals surface area contributed by atoms with Gasteiger partial charge in [-0.2, -0.15) is 0 Å². The Morgan fingerprint density at radius 2 is 2.00 bits per heavy atom. The third-order valence-corrected chi connectivity index (χ3v) is 2.05. The van der Waals surface area contributed by atoms with Crippen LogP contribution in [0.1, 0.15) is 5.56 Å². The molecule has 0 fully saturated rings. The highest BCUT2D eigenvalue weighted by molar-refractivity contribution is 9.09. The molecule has 4 heteroatoms. The van der Waals surface area contributed by atoms with Crippen molar-refractivity contribution < 1.29 is 9.90 Å². The summed E-state index contributed by atoms with van der Waals surface area (Å²) < 4.78 is 0. The number of nitrogens with one attached hydrogen (secondary N) is 1. The van der Waals surface area contributed by atoms with Gasteiger partial charge in [-0.1, -0.05) is 28.1 Å². The van der Waals surface area contributed by atoms with Crippen molar-refractivity contribution in [1.29, 1.82) is 0 Å². The number of aliphatic hydroxyl groups is 1. The lowest BCUT2D eigenvalue weighted by Gasteiger charge is -2.03. The molecule has 3 nitrogen and oxygen atoms in total. The number of anilines is 1. The van der Waals surface area contributed by atoms with Gasteiger partial charge >= 0.3 is 0 Å². The monoisotopic (exact) mass is 243 g/mol. The summed E-state index contributed by atoms with van der Waals surface area (Å²) in [7, 11) is 0. The smallest absolute Gasteiger partial charge is 0.235 e. The molecule has 0 saturated heterocycles. The van der Waals surface area contributed by atoms with Crippen LogP contribution in [0.4, 0.5) is 5.69 Å². The van der Waals surface area contributed by atoms with Crippen molar-refractivity contribution in [2.24, 2.45) is 0 Å². The van der Waals surface area contributed by atoms with E-state index in [0.29, 0.717) is 0 Å². The highest BCUT2D eigenvalue weighted by atomic mass is 79.9. The molecule has 0 saturated carbocycles. The zero-order valence-corrected chi connectivity index (χ0v) is 8.54. The molecule has 0 bridgehead atoms. The zero-order valence-electron chi connectivity index (χ0n) is 6.96. The van der Waals surface area contributed by atoms with Gasteiger partial charge < -0.3 is 10.4 Å². The van der Waals surface area contributed by atoms with Gasteiger partial charge in [0.1, 0.15) is 0 Å². The first kappa shape index (κ1) is 10.2. The second kappa shape index (κ2) is 4.99. The Hall–Kier alpha value is -0.870. The number of carbonyl (C=O) groups excluding carboxylic acids is 1. The molecule has 0 radical (unpaired) electrons. The summed E-state index contributed by atoms with van der Waals surface area (Å²) in [5, 5.41) is 11.7. The van der Waals surface area contributed by atoms with Crippen LogP contribution >= 0.6 is 15.9 Å². The van der Waals surface area contributed by atoms with Gasteiger partial charge in [0.15, 0.2) is 0 Å². The first-order valence-corrected chi connectivity index (χ1v) is 4.94. The Balaban J connectivity index is 2.64. The van der Waals surface area contributed by atoms with Crippen LogP contribution in [0, 0.1) is 0 Å². The Labute approximate surface area is 84.9 Å². The number of hydrogen-bond acceptors (Lipinski definition) is 2. The number of hydrogen-bond donors (Lipinski definition) is 2. The van der Waals surface area contributed by atoms with Crippen LogP contribution in [-0.4, -0.2) is 16.3 Å². The highest BCUT2D eigenvalue weighted by Crippen LogP contribution is 2.09. The third kappa shape index (κ3) is 3.16. The van der Waals surface area contributed by atoms with Crippen molar-refractivity contribution in [3.8, 4) is 0 Å². The summed E-state index contributed by atoms with van der Waals surface area (Å²) in [6.07, 6.45) is 0. The van der Waals surface area contributed by atoms with E-state index in [1.54, 1.807) is 24.3 Å². The van der Waals surface area contributed by atoms with E-state index in [2.05, 4.69) is 21.2 Å². The number of aliphatic hydroxyl groups excluding tert-OH is 1. The maximum Gasteiger partial charge on any atom is 0.235 e. The van der Waals surface area contributed by atoms with Crippen molar-refractivity contribution in [2.45, 2.75) is 6.61 Å². The molecule has 1 rings (SSSR count). The normalized spacial score (nSPS) is 9.69. The molecule has 1 aromatic rings. The van der Waals surface area contributed by atoms with Gasteiger partial charge in [0.2, 0.25) is 5.91 Å². The molecule has 70 valence electrons. The quantitative estimate of drug-likeness (QED) is 0.792. The van der Waals surface area contributed by atoms with Crippen LogP contribution < -0.4 is 5.32 Å². The summed E-state index contributed by atoms with van der Waals surface area (Å²) in [6, 6.07) is 7.05. The molecule has 0 atom stereocenters. The molecule has 0 unspecified atom stereocenters. The minimum Gasteiger partial charge on any atom is -0.392 e. The van der Waals surface area contributed by atoms with E-state index in [1.807, 2.05) is 0 Å². The van der Waals surface area contributed by atoms with Crippen molar-refractivity contribution in [2.75, 3.05) is 10.6 Å². The van der Waals surface area contributed by atoms with Gasteiger partial charge in [-0.15, -0.1) is 0 Å². The summed E-state index contributed by atoms with van der Waals surface area (Å²) >= 11 is 3.05. The van der Waals surface area contributed by atoms with Crippen molar-refractivity contribution in [3.05, 3.63) is 29.8 Å². The summed E-state index contributed by atoms with van der Waals surface area (Å²) in [4.78, 5) is 10.9. The predicted molar refractivity (Wildman–Crippen MR) is 54.8 cm³/mol. The van der Waals surface area contributed by atoms with Gasteiger partial charge in [0, 0.05) is 5.69 Å². The van der Waals surface area contributed by atoms with E-state index in [0.717, 1.165) is 11.3 Å². The fourth-order valence-corrected chi connectivity index (χ4v) is 1.03. The number of carbonyl (C=O) groups is 1. The maximum absolute atomic E-state index is 10.9. The molecule has 0 aliphatic carbocycles. The molecular formula is C9H10BrNO2. The molecule has 0 aliphatic heterocycles. The second-order valence-corrected chi connectivity index (χ2v) is 3.10. The number of alkyl halides is 1. The first-order chi connectivity index (χ1) is 6.26. The van der Waals surface area contributed by atoms with E-state index >= 15 is 0 Å². The van der Waals surface area contributed by atoms with Gasteiger partial charge in [0.25, 0.3) is 0 Å². The number of amides is 1. The molecule has 13 heavy (non-hydrogen) atoms. The van der Waals surface area contributed by atoms with Crippen molar-refractivity contribution in [3.63, 3.8) is 0 Å². The summed E-state index contributed by atoms with van der Waals surface area (Å²) in [5.74, 6) is -0.0863. The number of benzene rings is 1. The average molecular weight is 244 g/mol. The van der Waals surface area contributed by atoms with Gasteiger partial charge in [-0.3, -0.25) is 4.79 Å². The second-order valence-electron chi connectivity index (χ2n) is 2.54. The number of rotatable bonds is 3. The van der Waals surface area contributed by atoms with Crippen LogP contribution in [0.15, 0.2) is 24.3 Å². The Bertz CT molecular complexity index is 284. The molecule has 0 aliphatic rings. The van der Waals surface area contributed by atoms with Crippen LogP contribution in [0.2, 0.25) is 0 Å². The molecular weight excluding hydrogens is 234 g/mol. The molecule has 0 spiro atoms. The Kier molecular flexibility index (Phi) is 3.92. The minimum absolute atomic E-state index is 0.0205. The first-order valence-electron chi connectivity index (χ1n) is 3.82. The molecule has 0 aromatic heterocycles. The number of halogens is 1. The lowest BCUT2D eigenvalue weighted by molar-refractivity contribution is -0.113. The van der Waals surface area contributed by atoms with Crippen molar-refractivity contribution >= 4 is 27.5 Å². The van der Waals surface area contributed by atoms with E-state index in [1.165, 1.54) is 0 Å². The van der Waals surface area contributed by atoms with Crippen LogP contribution in [0.5, 0.6) is 0 Å². The SMILES string of the molecule is O=C(CBr)Nc1ccc(CO)cc1. The van der Waals surface area contributed by atoms with Gasteiger partial charge in [-0.25, -0.2) is 0 Å². The maximum atomic E-state index is 10.9. The predicted octanol–water partition coefficient (Wildman–Crippen LogP) is 1.51. The van der Waals surface area contributed by atoms with Gasteiger partial charge in [-0.05, 0) is 17.7 Å². The van der Waals surface area contributed by atoms with E-state index in [4.69, 9.17) is 5.11 Å². The Morgan fingerprint density at radius 1 is 1.38 bits per heavy atom. The molecule has 1 aromatic carbocycles. The fourth-order valence-electron chi connectivity index (χ4n) is 0.888. The third-order valence-electron chi connectivity index (χ3n) is 1.54. The zero-order chi connectivity index (χ0) is 9.68. The van der Waals surface area contributed by atoms with Crippen LogP contribution in [0.25, 0.3) is 0 Å². The highest BCUT2D eigenvalue weighted by Gasteiger charge is 1.98. The van der Waals surface area contributed by atoms with Crippen molar-refractivity contribution in [1.82, 2.24) is 0 Å². The molecule has 1 amide bonds. The molecule has 0 heterocycles. The largest absolute Gasteiger partial charge is 0.392 e. The molecule has 2 N–H and O–H groups in total. The van der Waals surface area contributed by atoms with Crippen LogP contribution in [-0.2, 0) is 11.4 Å². The average Bonchev–Trinajstić information content (AvgIpc) is 2.19. The lowest BCUT2D eigenvalue weighted by atomic mass is 10.2. The standard InChI is InChI=1S/C9H10BrNO2/c10-5-9(13)11-8-3-1-7(6-12)2-4-8/h1-4,12H,5-6H2,(H,11,13). The minimum atomic E-state index is -0.0863. The van der Waals surface area contributed by atoms with Gasteiger partial charge in [0.05, 0.1) is 11.9 Å². The fraction of sp³-hybridized carbons (Fsp3) is 0.222. The Morgan fingerprint density at radius 3 is 2.46 bits per heavy atom. The summed E-state index contributed by atoms with van der Waals surface area (Å²) in [5.41, 5.74) is 1.57. The van der Waals surface area contributed by atoms with E-state index in [9.17, 15) is 4.79 Å². The van der Waals surface area contributed by atoms with Crippen LogP contribution in [0.3, 0.4) is 0 Å².